The van der Waals surface area contributed by atoms with E-state index in [-0.39, 0.29) is 11.9 Å². The first-order valence-corrected chi connectivity index (χ1v) is 8.82. The van der Waals surface area contributed by atoms with E-state index < -0.39 is 0 Å². The van der Waals surface area contributed by atoms with Gasteiger partial charge in [-0.1, -0.05) is 0 Å². The summed E-state index contributed by atoms with van der Waals surface area (Å²) in [4.78, 5) is 12.3. The lowest BCUT2D eigenvalue weighted by molar-refractivity contribution is -0.122. The van der Waals surface area contributed by atoms with E-state index in [1.165, 1.54) is 0 Å². The van der Waals surface area contributed by atoms with Crippen LogP contribution in [0.3, 0.4) is 0 Å². The Morgan fingerprint density at radius 1 is 1.43 bits per heavy atom. The zero-order valence-electron chi connectivity index (χ0n) is 14.1. The molecule has 1 fully saturated rings. The summed E-state index contributed by atoms with van der Waals surface area (Å²) < 4.78 is 7.48. The summed E-state index contributed by atoms with van der Waals surface area (Å²) >= 11 is 0. The number of rotatable bonds is 4. The summed E-state index contributed by atoms with van der Waals surface area (Å²) in [6.07, 6.45) is 6.28. The number of hydrogen-bond acceptors (Lipinski definition) is 4. The molecule has 128 valence electrons. The van der Waals surface area contributed by atoms with E-state index in [0.29, 0.717) is 24.4 Å². The molecule has 4 unspecified atom stereocenters. The molecule has 1 amide bonds. The number of hydrogen-bond donors (Lipinski definition) is 2. The van der Waals surface area contributed by atoms with Gasteiger partial charge in [-0.25, -0.2) is 4.68 Å². The van der Waals surface area contributed by atoms with Crippen LogP contribution in [0.4, 0.5) is 5.82 Å². The number of nitrogens with zero attached hydrogens (tertiary/aromatic N) is 2. The van der Waals surface area contributed by atoms with Gasteiger partial charge in [0.2, 0.25) is 5.91 Å². The lowest BCUT2D eigenvalue weighted by atomic mass is 9.87. The highest BCUT2D eigenvalue weighted by Crippen LogP contribution is 2.33. The van der Waals surface area contributed by atoms with Gasteiger partial charge in [0.25, 0.3) is 0 Å². The molecule has 2 aliphatic heterocycles. The minimum absolute atomic E-state index is 0.169. The Hall–Kier alpha value is -1.56. The third kappa shape index (κ3) is 3.86. The summed E-state index contributed by atoms with van der Waals surface area (Å²) in [7, 11) is 0. The van der Waals surface area contributed by atoms with Crippen LogP contribution >= 0.6 is 0 Å². The molecule has 23 heavy (non-hydrogen) atoms. The van der Waals surface area contributed by atoms with Gasteiger partial charge in [-0.2, -0.15) is 5.10 Å². The summed E-state index contributed by atoms with van der Waals surface area (Å²) in [5, 5.41) is 11.1. The average molecular weight is 320 g/mol. The maximum atomic E-state index is 12.3. The zero-order chi connectivity index (χ0) is 16.2. The standard InChI is InChI=1S/C17H28N4O2/c1-12-15(13(2)21-16(19-12)7-9-18-21)5-6-17(22)20-14-4-3-10-23-11-8-14/h7,9,12-15,19H,3-6,8,10-11H2,1-2H3,(H,20,22). The smallest absolute Gasteiger partial charge is 0.220 e. The number of nitrogens with one attached hydrogen (secondary N) is 2. The van der Waals surface area contributed by atoms with Gasteiger partial charge >= 0.3 is 0 Å². The Labute approximate surface area is 138 Å². The summed E-state index contributed by atoms with van der Waals surface area (Å²) in [5.41, 5.74) is 0. The minimum Gasteiger partial charge on any atom is -0.381 e. The van der Waals surface area contributed by atoms with E-state index in [0.717, 1.165) is 44.7 Å². The molecule has 0 bridgehead atoms. The van der Waals surface area contributed by atoms with Crippen LogP contribution in [0.15, 0.2) is 12.3 Å². The number of carbonyl (C=O) groups is 1. The number of fused-ring (bicyclic) bond motifs is 1. The van der Waals surface area contributed by atoms with Gasteiger partial charge in [-0.3, -0.25) is 4.79 Å². The van der Waals surface area contributed by atoms with Crippen LogP contribution in [-0.4, -0.2) is 41.0 Å². The highest BCUT2D eigenvalue weighted by molar-refractivity contribution is 5.76. The maximum absolute atomic E-state index is 12.3. The van der Waals surface area contributed by atoms with Crippen molar-refractivity contribution in [3.05, 3.63) is 12.3 Å². The van der Waals surface area contributed by atoms with Crippen LogP contribution < -0.4 is 10.6 Å². The first-order valence-electron chi connectivity index (χ1n) is 8.82. The Balaban J connectivity index is 1.50. The first kappa shape index (κ1) is 16.3. The molecule has 1 saturated heterocycles. The van der Waals surface area contributed by atoms with Crippen molar-refractivity contribution in [1.82, 2.24) is 15.1 Å². The minimum atomic E-state index is 0.169. The molecule has 2 aliphatic rings. The van der Waals surface area contributed by atoms with Gasteiger partial charge in [-0.15, -0.1) is 0 Å². The molecule has 3 heterocycles. The number of ether oxygens (including phenoxy) is 1. The van der Waals surface area contributed by atoms with Crippen molar-refractivity contribution in [3.8, 4) is 0 Å². The largest absolute Gasteiger partial charge is 0.381 e. The second-order valence-electron chi connectivity index (χ2n) is 6.84. The van der Waals surface area contributed by atoms with E-state index in [1.807, 2.05) is 16.9 Å². The molecule has 0 saturated carbocycles. The van der Waals surface area contributed by atoms with Crippen molar-refractivity contribution in [2.75, 3.05) is 18.5 Å². The van der Waals surface area contributed by atoms with Crippen molar-refractivity contribution >= 4 is 11.7 Å². The average Bonchev–Trinajstić information content (AvgIpc) is 2.83. The molecular weight excluding hydrogens is 292 g/mol. The molecule has 0 spiro atoms. The second kappa shape index (κ2) is 7.34. The van der Waals surface area contributed by atoms with Crippen molar-refractivity contribution in [2.45, 2.75) is 64.1 Å². The molecule has 4 atom stereocenters. The highest BCUT2D eigenvalue weighted by atomic mass is 16.5. The van der Waals surface area contributed by atoms with E-state index in [9.17, 15) is 4.79 Å². The van der Waals surface area contributed by atoms with Crippen LogP contribution in [0.25, 0.3) is 0 Å². The zero-order valence-corrected chi connectivity index (χ0v) is 14.1. The predicted octanol–water partition coefficient (Wildman–Crippen LogP) is 2.34. The number of aromatic nitrogens is 2. The Kier molecular flexibility index (Phi) is 5.20. The van der Waals surface area contributed by atoms with Gasteiger partial charge in [0, 0.05) is 43.7 Å². The van der Waals surface area contributed by atoms with Crippen molar-refractivity contribution < 1.29 is 9.53 Å². The van der Waals surface area contributed by atoms with Crippen LogP contribution in [0, 0.1) is 5.92 Å². The molecule has 1 aromatic rings. The van der Waals surface area contributed by atoms with E-state index >= 15 is 0 Å². The van der Waals surface area contributed by atoms with Crippen molar-refractivity contribution in [2.24, 2.45) is 5.92 Å². The fraction of sp³-hybridized carbons (Fsp3) is 0.765. The molecule has 6 heteroatoms. The van der Waals surface area contributed by atoms with Gasteiger partial charge in [-0.05, 0) is 39.5 Å². The van der Waals surface area contributed by atoms with E-state index in [4.69, 9.17) is 4.74 Å². The fourth-order valence-electron chi connectivity index (χ4n) is 3.83. The van der Waals surface area contributed by atoms with Crippen molar-refractivity contribution in [3.63, 3.8) is 0 Å². The first-order chi connectivity index (χ1) is 11.1. The van der Waals surface area contributed by atoms with Crippen LogP contribution in [0.5, 0.6) is 0 Å². The van der Waals surface area contributed by atoms with Gasteiger partial charge < -0.3 is 15.4 Å². The van der Waals surface area contributed by atoms with E-state index in [2.05, 4.69) is 29.6 Å². The van der Waals surface area contributed by atoms with Gasteiger partial charge in [0.05, 0.1) is 12.2 Å². The summed E-state index contributed by atoms with van der Waals surface area (Å²) in [6, 6.07) is 2.95. The Morgan fingerprint density at radius 2 is 2.30 bits per heavy atom. The topological polar surface area (TPSA) is 68.2 Å². The normalized spacial score (nSPS) is 30.9. The molecule has 6 nitrogen and oxygen atoms in total. The lowest BCUT2D eigenvalue weighted by Gasteiger charge is -2.36. The molecule has 1 aromatic heterocycles. The number of amides is 1. The van der Waals surface area contributed by atoms with Crippen LogP contribution in [-0.2, 0) is 9.53 Å². The quantitative estimate of drug-likeness (QED) is 0.893. The third-order valence-corrected chi connectivity index (χ3v) is 5.22. The van der Waals surface area contributed by atoms with Crippen molar-refractivity contribution in [1.29, 1.82) is 0 Å². The molecule has 3 rings (SSSR count). The molecular formula is C17H28N4O2. The highest BCUT2D eigenvalue weighted by Gasteiger charge is 2.32. The summed E-state index contributed by atoms with van der Waals surface area (Å²) in [6.45, 7) is 5.96. The SMILES string of the molecule is CC1Nc2ccnn2C(C)C1CCC(=O)NC1CCCOCC1. The van der Waals surface area contributed by atoms with Gasteiger partial charge in [0.1, 0.15) is 5.82 Å². The third-order valence-electron chi connectivity index (χ3n) is 5.22. The molecule has 0 aliphatic carbocycles. The fourth-order valence-corrected chi connectivity index (χ4v) is 3.83. The molecule has 2 N–H and O–H groups in total. The van der Waals surface area contributed by atoms with E-state index in [1.54, 1.807) is 0 Å². The number of anilines is 1. The monoisotopic (exact) mass is 320 g/mol. The molecule has 0 aromatic carbocycles. The lowest BCUT2D eigenvalue weighted by Crippen LogP contribution is -2.40. The van der Waals surface area contributed by atoms with Crippen LogP contribution in [0.2, 0.25) is 0 Å². The Bertz CT molecular complexity index is 522. The maximum Gasteiger partial charge on any atom is 0.220 e. The van der Waals surface area contributed by atoms with Crippen LogP contribution in [0.1, 0.15) is 52.0 Å². The second-order valence-corrected chi connectivity index (χ2v) is 6.84. The predicted molar refractivity (Wildman–Crippen MR) is 89.3 cm³/mol. The van der Waals surface area contributed by atoms with Gasteiger partial charge in [0.15, 0.2) is 0 Å². The number of carbonyl (C=O) groups excluding carboxylic acids is 1. The Morgan fingerprint density at radius 3 is 3.17 bits per heavy atom. The molecule has 0 radical (unpaired) electrons. The summed E-state index contributed by atoms with van der Waals surface area (Å²) in [5.74, 6) is 1.65.